The van der Waals surface area contributed by atoms with Gasteiger partial charge in [-0.3, -0.25) is 0 Å². The van der Waals surface area contributed by atoms with Crippen LogP contribution in [0.4, 0.5) is 18.9 Å². The van der Waals surface area contributed by atoms with Gasteiger partial charge in [0.2, 0.25) is 0 Å². The van der Waals surface area contributed by atoms with E-state index in [9.17, 15) is 18.3 Å². The third-order valence-corrected chi connectivity index (χ3v) is 4.43. The van der Waals surface area contributed by atoms with Gasteiger partial charge in [-0.2, -0.15) is 0 Å². The molecule has 0 radical (unpaired) electrons. The molecule has 0 amide bonds. The fraction of sp³-hybridized carbons (Fsp3) is 0.600. The Morgan fingerprint density at radius 1 is 1.12 bits per heavy atom. The summed E-state index contributed by atoms with van der Waals surface area (Å²) < 4.78 is 52.9. The average Bonchev–Trinajstić information content (AvgIpc) is 2.71. The van der Waals surface area contributed by atoms with Crippen molar-refractivity contribution in [2.75, 3.05) is 18.5 Å². The van der Waals surface area contributed by atoms with Crippen LogP contribution in [-0.2, 0) is 9.31 Å². The van der Waals surface area contributed by atoms with Crippen LogP contribution in [0.25, 0.3) is 0 Å². The summed E-state index contributed by atoms with van der Waals surface area (Å²) in [6.45, 7) is 6.25. The van der Waals surface area contributed by atoms with E-state index in [1.807, 2.05) is 0 Å². The van der Waals surface area contributed by atoms with Crippen LogP contribution in [0.3, 0.4) is 0 Å². The molecule has 1 atom stereocenters. The van der Waals surface area contributed by atoms with Gasteiger partial charge in [0.25, 0.3) is 0 Å². The van der Waals surface area contributed by atoms with Crippen molar-refractivity contribution >= 4 is 18.3 Å². The van der Waals surface area contributed by atoms with E-state index in [4.69, 9.17) is 14.4 Å². The Morgan fingerprint density at radius 2 is 1.67 bits per heavy atom. The van der Waals surface area contributed by atoms with E-state index in [2.05, 4.69) is 5.32 Å². The van der Waals surface area contributed by atoms with Gasteiger partial charge in [0, 0.05) is 12.0 Å². The van der Waals surface area contributed by atoms with Crippen molar-refractivity contribution in [2.45, 2.75) is 45.0 Å². The van der Waals surface area contributed by atoms with Gasteiger partial charge in [-0.05, 0) is 33.8 Å². The summed E-state index contributed by atoms with van der Waals surface area (Å²) in [6.07, 6.45) is -1.19. The molecule has 1 heterocycles. The van der Waals surface area contributed by atoms with Crippen LogP contribution in [0.5, 0.6) is 0 Å². The molecule has 0 aliphatic carbocycles. The minimum atomic E-state index is -1.64. The number of anilines is 1. The number of aliphatic hydroxyl groups is 2. The van der Waals surface area contributed by atoms with E-state index < -0.39 is 48.5 Å². The van der Waals surface area contributed by atoms with Gasteiger partial charge in [0.1, 0.15) is 0 Å². The van der Waals surface area contributed by atoms with Crippen LogP contribution >= 0.6 is 0 Å². The number of aliphatic hydroxyl groups excluding tert-OH is 2. The maximum absolute atomic E-state index is 14.2. The Bertz CT molecular complexity index is 611. The average molecular weight is 347 g/mol. The zero-order chi connectivity index (χ0) is 18.3. The summed E-state index contributed by atoms with van der Waals surface area (Å²) in [5.41, 5.74) is -1.93. The Labute approximate surface area is 138 Å². The maximum atomic E-state index is 14.2. The number of nitrogens with one attached hydrogen (secondary N) is 1. The Balaban J connectivity index is 2.42. The molecule has 134 valence electrons. The molecule has 0 saturated carbocycles. The lowest BCUT2D eigenvalue weighted by molar-refractivity contribution is 0.00578. The largest absolute Gasteiger partial charge is 0.497 e. The summed E-state index contributed by atoms with van der Waals surface area (Å²) in [5.74, 6) is -4.45. The van der Waals surface area contributed by atoms with Crippen molar-refractivity contribution < 1.29 is 32.7 Å². The lowest BCUT2D eigenvalue weighted by atomic mass is 9.77. The minimum absolute atomic E-state index is 0.0600. The van der Waals surface area contributed by atoms with Crippen molar-refractivity contribution in [3.8, 4) is 0 Å². The third-order valence-electron chi connectivity index (χ3n) is 4.43. The highest BCUT2D eigenvalue weighted by Crippen LogP contribution is 2.37. The standard InChI is InChI=1S/C15H21BF3NO4/c1-14(2)15(3,4)24-16(23-14)9-5-10(17)11(18)12(19)13(9)20-6-8(22)7-21/h5,8,20-22H,6-7H2,1-4H3. The normalized spacial score (nSPS) is 20.3. The fourth-order valence-corrected chi connectivity index (χ4v) is 2.23. The SMILES string of the molecule is CC1(C)OB(c2cc(F)c(F)c(F)c2NCC(O)CO)OC1(C)C. The molecule has 0 spiro atoms. The van der Waals surface area contributed by atoms with E-state index in [-0.39, 0.29) is 17.7 Å². The molecule has 0 aromatic heterocycles. The van der Waals surface area contributed by atoms with Gasteiger partial charge in [0.05, 0.1) is 29.6 Å². The third kappa shape index (κ3) is 3.39. The number of hydrogen-bond acceptors (Lipinski definition) is 5. The van der Waals surface area contributed by atoms with Crippen molar-refractivity contribution in [3.05, 3.63) is 23.5 Å². The van der Waals surface area contributed by atoms with Crippen molar-refractivity contribution in [2.24, 2.45) is 0 Å². The molecule has 3 N–H and O–H groups in total. The van der Waals surface area contributed by atoms with Gasteiger partial charge in [-0.15, -0.1) is 0 Å². The second-order valence-corrected chi connectivity index (χ2v) is 6.76. The molecule has 1 aliphatic heterocycles. The number of rotatable bonds is 5. The predicted molar refractivity (Wildman–Crippen MR) is 83.6 cm³/mol. The van der Waals surface area contributed by atoms with Gasteiger partial charge in [-0.1, -0.05) is 0 Å². The smallest absolute Gasteiger partial charge is 0.399 e. The molecular weight excluding hydrogens is 326 g/mol. The molecule has 1 saturated heterocycles. The second kappa shape index (κ2) is 6.55. The van der Waals surface area contributed by atoms with Gasteiger partial charge < -0.3 is 24.8 Å². The molecule has 24 heavy (non-hydrogen) atoms. The molecular formula is C15H21BF3NO4. The Kier molecular flexibility index (Phi) is 5.20. The summed E-state index contributed by atoms with van der Waals surface area (Å²) in [6, 6.07) is 0.800. The number of halogens is 3. The molecule has 1 aromatic rings. The summed E-state index contributed by atoms with van der Waals surface area (Å²) in [4.78, 5) is 0. The monoisotopic (exact) mass is 347 g/mol. The summed E-state index contributed by atoms with van der Waals surface area (Å²) >= 11 is 0. The quantitative estimate of drug-likeness (QED) is 0.551. The number of hydrogen-bond donors (Lipinski definition) is 3. The second-order valence-electron chi connectivity index (χ2n) is 6.76. The van der Waals surface area contributed by atoms with Crippen LogP contribution in [0, 0.1) is 17.5 Å². The fourth-order valence-electron chi connectivity index (χ4n) is 2.23. The first-order valence-electron chi connectivity index (χ1n) is 7.56. The van der Waals surface area contributed by atoms with Crippen LogP contribution in [0.2, 0.25) is 0 Å². The highest BCUT2D eigenvalue weighted by Gasteiger charge is 2.52. The first-order chi connectivity index (χ1) is 11.0. The lowest BCUT2D eigenvalue weighted by Crippen LogP contribution is -2.41. The van der Waals surface area contributed by atoms with Crippen molar-refractivity contribution in [1.82, 2.24) is 0 Å². The topological polar surface area (TPSA) is 71.0 Å². The summed E-state index contributed by atoms with van der Waals surface area (Å²) in [5, 5.41) is 20.7. The van der Waals surface area contributed by atoms with Crippen LogP contribution in [0.1, 0.15) is 27.7 Å². The van der Waals surface area contributed by atoms with E-state index in [0.717, 1.165) is 6.07 Å². The van der Waals surface area contributed by atoms with E-state index >= 15 is 0 Å². The first-order valence-corrected chi connectivity index (χ1v) is 7.56. The van der Waals surface area contributed by atoms with Crippen LogP contribution in [0.15, 0.2) is 6.07 Å². The van der Waals surface area contributed by atoms with Crippen LogP contribution < -0.4 is 10.8 Å². The molecule has 1 aromatic carbocycles. The van der Waals surface area contributed by atoms with Crippen molar-refractivity contribution in [1.29, 1.82) is 0 Å². The Hall–Kier alpha value is -1.29. The molecule has 9 heteroatoms. The molecule has 5 nitrogen and oxygen atoms in total. The zero-order valence-corrected chi connectivity index (χ0v) is 14.0. The highest BCUT2D eigenvalue weighted by atomic mass is 19.2. The maximum Gasteiger partial charge on any atom is 0.497 e. The molecule has 0 bridgehead atoms. The minimum Gasteiger partial charge on any atom is -0.399 e. The van der Waals surface area contributed by atoms with E-state index in [1.165, 1.54) is 0 Å². The van der Waals surface area contributed by atoms with E-state index in [1.54, 1.807) is 27.7 Å². The van der Waals surface area contributed by atoms with Gasteiger partial charge >= 0.3 is 7.12 Å². The molecule has 1 aliphatic rings. The van der Waals surface area contributed by atoms with Crippen LogP contribution in [-0.4, -0.2) is 47.8 Å². The lowest BCUT2D eigenvalue weighted by Gasteiger charge is -2.32. The zero-order valence-electron chi connectivity index (χ0n) is 14.0. The van der Waals surface area contributed by atoms with E-state index in [0.29, 0.717) is 0 Å². The Morgan fingerprint density at radius 3 is 2.17 bits per heavy atom. The molecule has 1 unspecified atom stereocenters. The highest BCUT2D eigenvalue weighted by molar-refractivity contribution is 6.64. The predicted octanol–water partition coefficient (Wildman–Crippen LogP) is 1.17. The summed E-state index contributed by atoms with van der Waals surface area (Å²) in [7, 11) is -1.12. The van der Waals surface area contributed by atoms with Gasteiger partial charge in [0.15, 0.2) is 17.5 Å². The van der Waals surface area contributed by atoms with Crippen molar-refractivity contribution in [3.63, 3.8) is 0 Å². The number of benzene rings is 1. The van der Waals surface area contributed by atoms with Gasteiger partial charge in [-0.25, -0.2) is 13.2 Å². The molecule has 2 rings (SSSR count). The first kappa shape index (κ1) is 19.0. The molecule has 1 fully saturated rings.